The minimum atomic E-state index is -4.62. The summed E-state index contributed by atoms with van der Waals surface area (Å²) in [5.74, 6) is -0.313. The molecule has 39 heavy (non-hydrogen) atoms. The zero-order valence-corrected chi connectivity index (χ0v) is 21.4. The third kappa shape index (κ3) is 5.87. The maximum Gasteiger partial charge on any atom is 0.410 e. The Bertz CT molecular complexity index is 1530. The molecule has 3 aromatic carbocycles. The Morgan fingerprint density at radius 3 is 2.46 bits per heavy atom. The molecule has 5 rings (SSSR count). The molecule has 0 spiro atoms. The summed E-state index contributed by atoms with van der Waals surface area (Å²) >= 11 is 3.31. The van der Waals surface area contributed by atoms with Gasteiger partial charge in [0.1, 0.15) is 17.3 Å². The largest absolute Gasteiger partial charge is 0.457 e. The van der Waals surface area contributed by atoms with Crippen molar-refractivity contribution in [2.45, 2.75) is 24.7 Å². The maximum absolute atomic E-state index is 14.0. The number of ether oxygens (including phenoxy) is 1. The lowest BCUT2D eigenvalue weighted by molar-refractivity contribution is -0.384. The maximum atomic E-state index is 14.0. The molecule has 13 heteroatoms. The lowest BCUT2D eigenvalue weighted by Crippen LogP contribution is -2.35. The van der Waals surface area contributed by atoms with Crippen LogP contribution in [-0.2, 0) is 0 Å². The molecule has 1 amide bonds. The van der Waals surface area contributed by atoms with Crippen LogP contribution in [0.5, 0.6) is 11.5 Å². The number of nitrogens with one attached hydrogen (secondary N) is 2. The summed E-state index contributed by atoms with van der Waals surface area (Å²) in [6.45, 7) is 0. The van der Waals surface area contributed by atoms with Gasteiger partial charge in [0, 0.05) is 29.1 Å². The number of benzene rings is 3. The number of carbonyl (C=O) groups excluding carboxylic acids is 1. The molecule has 0 unspecified atom stereocenters. The number of amides is 1. The van der Waals surface area contributed by atoms with E-state index in [0.29, 0.717) is 11.3 Å². The van der Waals surface area contributed by atoms with Crippen LogP contribution >= 0.6 is 15.9 Å². The van der Waals surface area contributed by atoms with Crippen molar-refractivity contribution in [1.29, 1.82) is 0 Å². The molecule has 1 aromatic heterocycles. The fourth-order valence-electron chi connectivity index (χ4n) is 4.24. The minimum absolute atomic E-state index is 0.0131. The first-order chi connectivity index (χ1) is 18.6. The molecule has 0 radical (unpaired) electrons. The van der Waals surface area contributed by atoms with Crippen molar-refractivity contribution in [2.24, 2.45) is 0 Å². The highest BCUT2D eigenvalue weighted by molar-refractivity contribution is 9.10. The number of aromatic nitrogens is 2. The van der Waals surface area contributed by atoms with Gasteiger partial charge in [-0.15, -0.1) is 0 Å². The SMILES string of the molecule is O=C(Nc1cc(Oc2ccccc2)cc([N+](=O)[O-])c1)c1cc2n(n1)[C@H](C(F)(F)F)C[C@@H](c1ccc(Br)cc1)N2. The van der Waals surface area contributed by atoms with Gasteiger partial charge in [0.25, 0.3) is 11.6 Å². The fourth-order valence-corrected chi connectivity index (χ4v) is 4.50. The minimum Gasteiger partial charge on any atom is -0.457 e. The Kier molecular flexibility index (Phi) is 7.00. The van der Waals surface area contributed by atoms with Crippen molar-refractivity contribution < 1.29 is 27.6 Å². The fraction of sp³-hybridized carbons (Fsp3) is 0.154. The Morgan fingerprint density at radius 1 is 1.08 bits per heavy atom. The average molecular weight is 602 g/mol. The summed E-state index contributed by atoms with van der Waals surface area (Å²) in [6.07, 6.45) is -4.94. The van der Waals surface area contributed by atoms with E-state index in [9.17, 15) is 28.1 Å². The number of nitro benzene ring substituents is 1. The van der Waals surface area contributed by atoms with Crippen molar-refractivity contribution in [2.75, 3.05) is 10.6 Å². The van der Waals surface area contributed by atoms with Crippen LogP contribution in [0.2, 0.25) is 0 Å². The van der Waals surface area contributed by atoms with Gasteiger partial charge in [-0.2, -0.15) is 18.3 Å². The highest BCUT2D eigenvalue weighted by Crippen LogP contribution is 2.44. The van der Waals surface area contributed by atoms with E-state index in [2.05, 4.69) is 31.7 Å². The van der Waals surface area contributed by atoms with Gasteiger partial charge < -0.3 is 15.4 Å². The summed E-state index contributed by atoms with van der Waals surface area (Å²) in [5, 5.41) is 20.9. The van der Waals surface area contributed by atoms with Gasteiger partial charge >= 0.3 is 6.18 Å². The number of para-hydroxylation sites is 1. The van der Waals surface area contributed by atoms with Crippen molar-refractivity contribution in [3.8, 4) is 11.5 Å². The van der Waals surface area contributed by atoms with Crippen molar-refractivity contribution in [1.82, 2.24) is 9.78 Å². The Balaban J connectivity index is 1.42. The first kappa shape index (κ1) is 26.2. The van der Waals surface area contributed by atoms with Crippen LogP contribution in [0, 0.1) is 10.1 Å². The van der Waals surface area contributed by atoms with Crippen LogP contribution in [0.3, 0.4) is 0 Å². The Morgan fingerprint density at radius 2 is 1.79 bits per heavy atom. The number of non-ortho nitro benzene ring substituents is 1. The number of anilines is 2. The molecule has 0 bridgehead atoms. The molecule has 1 aliphatic rings. The molecular formula is C26H19BrF3N5O4. The van der Waals surface area contributed by atoms with E-state index in [1.165, 1.54) is 18.2 Å². The molecule has 0 aliphatic carbocycles. The normalized spacial score (nSPS) is 16.6. The third-order valence-corrected chi connectivity index (χ3v) is 6.56. The van der Waals surface area contributed by atoms with Crippen molar-refractivity contribution >= 4 is 39.0 Å². The summed E-state index contributed by atoms with van der Waals surface area (Å²) < 4.78 is 49.2. The summed E-state index contributed by atoms with van der Waals surface area (Å²) in [7, 11) is 0. The van der Waals surface area contributed by atoms with Gasteiger partial charge in [-0.1, -0.05) is 46.3 Å². The zero-order chi connectivity index (χ0) is 27.7. The lowest BCUT2D eigenvalue weighted by atomic mass is 9.97. The van der Waals surface area contributed by atoms with Crippen molar-refractivity contribution in [3.63, 3.8) is 0 Å². The number of halogens is 4. The number of hydrogen-bond acceptors (Lipinski definition) is 6. The van der Waals surface area contributed by atoms with E-state index < -0.39 is 29.1 Å². The van der Waals surface area contributed by atoms with E-state index in [-0.39, 0.29) is 35.1 Å². The van der Waals surface area contributed by atoms with Crippen LogP contribution < -0.4 is 15.4 Å². The number of carbonyl (C=O) groups is 1. The predicted octanol–water partition coefficient (Wildman–Crippen LogP) is 7.26. The van der Waals surface area contributed by atoms with E-state index in [1.807, 2.05) is 0 Å². The van der Waals surface area contributed by atoms with Crippen molar-refractivity contribution in [3.05, 3.63) is 105 Å². The van der Waals surface area contributed by atoms with Gasteiger partial charge in [-0.3, -0.25) is 14.9 Å². The number of rotatable bonds is 6. The number of nitro groups is 1. The molecule has 0 saturated carbocycles. The predicted molar refractivity (Wildman–Crippen MR) is 140 cm³/mol. The van der Waals surface area contributed by atoms with Crippen LogP contribution in [0.15, 0.2) is 83.3 Å². The van der Waals surface area contributed by atoms with Crippen LogP contribution in [-0.4, -0.2) is 26.8 Å². The van der Waals surface area contributed by atoms with Gasteiger partial charge in [0.2, 0.25) is 0 Å². The molecular weight excluding hydrogens is 583 g/mol. The number of hydrogen-bond donors (Lipinski definition) is 2. The molecule has 2 heterocycles. The molecule has 2 atom stereocenters. The molecule has 4 aromatic rings. The smallest absolute Gasteiger partial charge is 0.410 e. The number of fused-ring (bicyclic) bond motifs is 1. The van der Waals surface area contributed by atoms with Crippen LogP contribution in [0.1, 0.15) is 34.6 Å². The van der Waals surface area contributed by atoms with Crippen LogP contribution in [0.25, 0.3) is 0 Å². The standard InChI is InChI=1S/C26H19BrF3N5O4/c27-16-8-6-15(7-9-16)21-13-23(26(28,29)30)34-24(32-21)14-22(33-34)25(36)31-17-10-18(35(37)38)12-20(11-17)39-19-4-2-1-3-5-19/h1-12,14,21,23,32H,13H2,(H,31,36)/t21-,23-/m0/s1. The quantitative estimate of drug-likeness (QED) is 0.178. The number of alkyl halides is 3. The summed E-state index contributed by atoms with van der Waals surface area (Å²) in [6, 6.07) is 17.7. The Labute approximate surface area is 227 Å². The highest BCUT2D eigenvalue weighted by atomic mass is 79.9. The monoisotopic (exact) mass is 601 g/mol. The second-order valence-electron chi connectivity index (χ2n) is 8.74. The van der Waals surface area contributed by atoms with E-state index in [0.717, 1.165) is 15.2 Å². The highest BCUT2D eigenvalue weighted by Gasteiger charge is 2.46. The van der Waals surface area contributed by atoms with Gasteiger partial charge in [0.15, 0.2) is 11.7 Å². The second kappa shape index (κ2) is 10.4. The molecule has 1 aliphatic heterocycles. The van der Waals surface area contributed by atoms with Gasteiger partial charge in [0.05, 0.1) is 22.7 Å². The first-order valence-corrected chi connectivity index (χ1v) is 12.4. The summed E-state index contributed by atoms with van der Waals surface area (Å²) in [5.41, 5.74) is 0.0202. The van der Waals surface area contributed by atoms with Gasteiger partial charge in [-0.05, 0) is 29.8 Å². The van der Waals surface area contributed by atoms with Crippen LogP contribution in [0.4, 0.5) is 30.4 Å². The topological polar surface area (TPSA) is 111 Å². The molecule has 200 valence electrons. The average Bonchev–Trinajstić information content (AvgIpc) is 3.33. The van der Waals surface area contributed by atoms with Gasteiger partial charge in [-0.25, -0.2) is 4.68 Å². The Hall–Kier alpha value is -4.39. The summed E-state index contributed by atoms with van der Waals surface area (Å²) in [4.78, 5) is 23.8. The zero-order valence-electron chi connectivity index (χ0n) is 19.9. The van der Waals surface area contributed by atoms with E-state index in [4.69, 9.17) is 4.74 Å². The third-order valence-electron chi connectivity index (χ3n) is 6.03. The lowest BCUT2D eigenvalue weighted by Gasteiger charge is -2.33. The molecule has 0 fully saturated rings. The second-order valence-corrected chi connectivity index (χ2v) is 9.66. The van der Waals surface area contributed by atoms with E-state index >= 15 is 0 Å². The van der Waals surface area contributed by atoms with E-state index in [1.54, 1.807) is 54.6 Å². The first-order valence-electron chi connectivity index (χ1n) is 11.6. The molecule has 0 saturated heterocycles. The molecule has 9 nitrogen and oxygen atoms in total. The number of nitrogens with zero attached hydrogens (tertiary/aromatic N) is 3. The molecule has 2 N–H and O–H groups in total.